The first-order chi connectivity index (χ1) is 10.1. The summed E-state index contributed by atoms with van der Waals surface area (Å²) in [6.07, 6.45) is 1.57. The first-order valence-electron chi connectivity index (χ1n) is 6.30. The van der Waals surface area contributed by atoms with Crippen molar-refractivity contribution in [1.82, 2.24) is 5.32 Å². The predicted molar refractivity (Wildman–Crippen MR) is 75.8 cm³/mol. The van der Waals surface area contributed by atoms with Gasteiger partial charge >= 0.3 is 5.97 Å². The van der Waals surface area contributed by atoms with Crippen LogP contribution in [0.4, 0.5) is 4.39 Å². The fraction of sp³-hybridized carbons (Fsp3) is 0.125. The van der Waals surface area contributed by atoms with E-state index in [1.54, 1.807) is 24.3 Å². The van der Waals surface area contributed by atoms with Crippen molar-refractivity contribution in [2.75, 3.05) is 0 Å². The average Bonchev–Trinajstić information content (AvgIpc) is 2.48. The van der Waals surface area contributed by atoms with Gasteiger partial charge in [-0.3, -0.25) is 4.79 Å². The van der Waals surface area contributed by atoms with Gasteiger partial charge in [-0.1, -0.05) is 36.4 Å². The SMILES string of the molecule is O=[C-]NC(Cc1ccc(-c2ccc(F)cc2)cc1)C(=O)O.[Fm]. The van der Waals surface area contributed by atoms with E-state index in [9.17, 15) is 14.0 Å². The number of rotatable bonds is 6. The molecule has 2 aromatic carbocycles. The van der Waals surface area contributed by atoms with Crippen LogP contribution in [-0.4, -0.2) is 23.5 Å². The zero-order valence-corrected chi connectivity index (χ0v) is 13.7. The molecule has 2 N–H and O–H groups in total. The van der Waals surface area contributed by atoms with E-state index in [1.165, 1.54) is 18.5 Å². The third-order valence-corrected chi connectivity index (χ3v) is 3.10. The second kappa shape index (κ2) is 7.19. The van der Waals surface area contributed by atoms with Crippen molar-refractivity contribution in [3.8, 4) is 11.1 Å². The van der Waals surface area contributed by atoms with Gasteiger partial charge in [0.2, 0.25) is 0 Å². The molecule has 1 atom stereocenters. The number of halogens is 1. The fourth-order valence-corrected chi connectivity index (χ4v) is 1.98. The van der Waals surface area contributed by atoms with E-state index in [-0.39, 0.29) is 12.2 Å². The molecule has 0 aliphatic heterocycles. The molecule has 0 heterocycles. The molecule has 0 radical (unpaired) electrons. The molecule has 0 saturated heterocycles. The number of hydrogen-bond donors (Lipinski definition) is 2. The molecule has 0 bridgehead atoms. The van der Waals surface area contributed by atoms with Crippen LogP contribution in [0.25, 0.3) is 11.1 Å². The zero-order chi connectivity index (χ0) is 15.2. The summed E-state index contributed by atoms with van der Waals surface area (Å²) in [5.74, 6) is -1.41. The number of carboxylic acid groups (broad SMARTS) is 1. The van der Waals surface area contributed by atoms with Crippen molar-refractivity contribution in [3.63, 3.8) is 0 Å². The van der Waals surface area contributed by atoms with Crippen molar-refractivity contribution >= 4 is 12.4 Å². The van der Waals surface area contributed by atoms with Crippen LogP contribution in [0.15, 0.2) is 48.5 Å². The molecular weight excluding hydrogens is 530 g/mol. The number of amides is 1. The summed E-state index contributed by atoms with van der Waals surface area (Å²) in [4.78, 5) is 21.2. The minimum absolute atomic E-state index is 0. The minimum atomic E-state index is -1.11. The quantitative estimate of drug-likeness (QED) is 0.434. The van der Waals surface area contributed by atoms with Gasteiger partial charge in [-0.2, -0.15) is 6.41 Å². The number of carbonyl (C=O) groups is 1. The molecule has 120 valence electrons. The van der Waals surface area contributed by atoms with E-state index in [4.69, 9.17) is 5.11 Å². The summed E-state index contributed by atoms with van der Waals surface area (Å²) in [7, 11) is 0. The first-order valence-corrected chi connectivity index (χ1v) is 6.30. The van der Waals surface area contributed by atoms with E-state index in [2.05, 4.69) is 5.32 Å². The van der Waals surface area contributed by atoms with Crippen LogP contribution >= 0.6 is 0 Å². The number of hydrogen-bond acceptors (Lipinski definition) is 2. The Morgan fingerprint density at radius 3 is 2.05 bits per heavy atom. The third-order valence-electron chi connectivity index (χ3n) is 3.10. The average molecular weight is 543 g/mol. The summed E-state index contributed by atoms with van der Waals surface area (Å²) in [5, 5.41) is 11.1. The Morgan fingerprint density at radius 1 is 1.09 bits per heavy atom. The van der Waals surface area contributed by atoms with Crippen LogP contribution in [0, 0.1) is 5.82 Å². The van der Waals surface area contributed by atoms with Crippen LogP contribution in [0.1, 0.15) is 5.56 Å². The second-order valence-corrected chi connectivity index (χ2v) is 4.55. The molecule has 0 fully saturated rings. The Balaban J connectivity index is 0.00000242. The summed E-state index contributed by atoms with van der Waals surface area (Å²) < 4.78 is 12.9. The summed E-state index contributed by atoms with van der Waals surface area (Å²) in [5.41, 5.74) is 2.55. The number of benzene rings is 2. The van der Waals surface area contributed by atoms with Crippen molar-refractivity contribution in [1.29, 1.82) is 0 Å². The van der Waals surface area contributed by atoms with Gasteiger partial charge in [0, 0.05) is 6.42 Å². The van der Waals surface area contributed by atoms with E-state index < -0.39 is 12.0 Å². The Morgan fingerprint density at radius 2 is 1.59 bits per heavy atom. The largest absolute Gasteiger partial charge is 0.520 e. The van der Waals surface area contributed by atoms with Crippen molar-refractivity contribution in [3.05, 3.63) is 59.9 Å². The van der Waals surface area contributed by atoms with Gasteiger partial charge < -0.3 is 15.2 Å². The maximum Gasteiger partial charge on any atom is 0.323 e. The topological polar surface area (TPSA) is 66.4 Å². The van der Waals surface area contributed by atoms with Crippen molar-refractivity contribution in [2.45, 2.75) is 12.5 Å². The maximum atomic E-state index is 12.9. The third kappa shape index (κ3) is 3.90. The first kappa shape index (κ1) is 16.4. The zero-order valence-electron chi connectivity index (χ0n) is 11.3. The summed E-state index contributed by atoms with van der Waals surface area (Å²) in [6, 6.07) is 12.3. The van der Waals surface area contributed by atoms with E-state index in [0.717, 1.165) is 16.7 Å². The molecule has 1 unspecified atom stereocenters. The van der Waals surface area contributed by atoms with Gasteiger partial charge in [-0.15, -0.1) is 0 Å². The van der Waals surface area contributed by atoms with Crippen LogP contribution in [0.5, 0.6) is 0 Å². The van der Waals surface area contributed by atoms with Gasteiger partial charge in [0.05, 0.1) is 0 Å². The van der Waals surface area contributed by atoms with Crippen LogP contribution in [0.3, 0.4) is 0 Å². The maximum absolute atomic E-state index is 12.9. The van der Waals surface area contributed by atoms with Crippen LogP contribution < -0.4 is 5.32 Å². The monoisotopic (exact) mass is 543 g/mol. The van der Waals surface area contributed by atoms with Gasteiger partial charge in [0.15, 0.2) is 0 Å². The van der Waals surface area contributed by atoms with Gasteiger partial charge in [-0.25, -0.2) is 4.39 Å². The molecule has 4 nitrogen and oxygen atoms in total. The predicted octanol–water partition coefficient (Wildman–Crippen LogP) is 2.15. The van der Waals surface area contributed by atoms with E-state index >= 15 is 0 Å². The van der Waals surface area contributed by atoms with Crippen molar-refractivity contribution < 1.29 is 19.1 Å². The van der Waals surface area contributed by atoms with Crippen LogP contribution in [-0.2, 0) is 16.0 Å². The normalized spacial score (nSPS) is 11.1. The number of carbonyl (C=O) groups excluding carboxylic acids is 1. The Bertz CT molecular complexity index is 629. The minimum Gasteiger partial charge on any atom is -0.520 e. The molecule has 0 saturated carbocycles. The molecule has 6 heteroatoms. The number of carboxylic acids is 1. The van der Waals surface area contributed by atoms with E-state index in [1.807, 2.05) is 12.1 Å². The molecule has 22 heavy (non-hydrogen) atoms. The number of aliphatic carboxylic acids is 1. The molecule has 0 aromatic heterocycles. The smallest absolute Gasteiger partial charge is 0.323 e. The standard InChI is InChI=1S/C16H13FNO3.Fm/c17-14-7-5-13(6-8-14)12-3-1-11(2-4-12)9-15(16(20)21)18-10-19;/h1-8,15H,9H2,(H,18,19)(H,20,21);/q-1;. The molecule has 0 aliphatic rings. The number of nitrogens with one attached hydrogen (secondary N) is 1. The Hall–Kier alpha value is -3.69. The van der Waals surface area contributed by atoms with E-state index in [0.29, 0.717) is 0 Å². The fourth-order valence-electron chi connectivity index (χ4n) is 1.98. The second-order valence-electron chi connectivity index (χ2n) is 4.55. The van der Waals surface area contributed by atoms with Crippen molar-refractivity contribution in [2.24, 2.45) is 0 Å². The summed E-state index contributed by atoms with van der Waals surface area (Å²) >= 11 is 0. The molecule has 2 rings (SSSR count). The van der Waals surface area contributed by atoms with Gasteiger partial charge in [0.25, 0.3) is 0 Å². The molecule has 0 spiro atoms. The molecule has 1 amide bonds. The Kier molecular flexibility index (Phi) is 5.35. The molecule has 0 aliphatic carbocycles. The van der Waals surface area contributed by atoms with Crippen LogP contribution in [0.2, 0.25) is 0 Å². The summed E-state index contributed by atoms with van der Waals surface area (Å²) in [6.45, 7) is 0. The van der Waals surface area contributed by atoms with Gasteiger partial charge in [-0.05, 0) is 28.8 Å². The van der Waals surface area contributed by atoms with Gasteiger partial charge in [0.1, 0.15) is 11.9 Å². The Labute approximate surface area is 121 Å². The molecule has 2 aromatic rings. The molecular formula is C16H13FFmNO3-.